The van der Waals surface area contributed by atoms with Gasteiger partial charge in [-0.15, -0.1) is 12.4 Å². The van der Waals surface area contributed by atoms with Gasteiger partial charge >= 0.3 is 0 Å². The molecule has 1 aromatic rings. The van der Waals surface area contributed by atoms with Gasteiger partial charge < -0.3 is 15.2 Å². The summed E-state index contributed by atoms with van der Waals surface area (Å²) in [6, 6.07) is 5.23. The molecule has 0 saturated heterocycles. The van der Waals surface area contributed by atoms with Crippen LogP contribution in [-0.4, -0.2) is 19.9 Å². The van der Waals surface area contributed by atoms with E-state index >= 15 is 0 Å². The van der Waals surface area contributed by atoms with Crippen LogP contribution in [0.3, 0.4) is 0 Å². The van der Waals surface area contributed by atoms with E-state index in [9.17, 15) is 4.39 Å². The van der Waals surface area contributed by atoms with Gasteiger partial charge in [-0.3, -0.25) is 4.39 Å². The van der Waals surface area contributed by atoms with Gasteiger partial charge in [0.15, 0.2) is 11.5 Å². The highest BCUT2D eigenvalue weighted by molar-refractivity contribution is 5.85. The molecular weight excluding hydrogens is 233 g/mol. The zero-order valence-corrected chi connectivity index (χ0v) is 9.63. The Morgan fingerprint density at radius 2 is 1.94 bits per heavy atom. The summed E-state index contributed by atoms with van der Waals surface area (Å²) in [5.41, 5.74) is 6.69. The van der Waals surface area contributed by atoms with Crippen molar-refractivity contribution in [1.29, 1.82) is 0 Å². The molecule has 1 aliphatic heterocycles. The number of hydrogen-bond donors (Lipinski definition) is 1. The molecule has 1 atom stereocenters. The lowest BCUT2D eigenvalue weighted by Crippen LogP contribution is -2.17. The van der Waals surface area contributed by atoms with Gasteiger partial charge in [0.05, 0.1) is 6.67 Å². The molecule has 1 aromatic carbocycles. The van der Waals surface area contributed by atoms with E-state index in [0.29, 0.717) is 25.4 Å². The highest BCUT2D eigenvalue weighted by atomic mass is 35.5. The van der Waals surface area contributed by atoms with Crippen molar-refractivity contribution >= 4 is 12.4 Å². The summed E-state index contributed by atoms with van der Waals surface area (Å²) in [6.45, 7) is 0.716. The van der Waals surface area contributed by atoms with Crippen molar-refractivity contribution in [3.8, 4) is 11.5 Å². The number of fused-ring (bicyclic) bond motifs is 1. The van der Waals surface area contributed by atoms with Gasteiger partial charge in [0, 0.05) is 6.04 Å². The largest absolute Gasteiger partial charge is 0.486 e. The van der Waals surface area contributed by atoms with E-state index in [-0.39, 0.29) is 18.4 Å². The summed E-state index contributed by atoms with van der Waals surface area (Å²) in [4.78, 5) is 0. The van der Waals surface area contributed by atoms with E-state index < -0.39 is 6.67 Å². The number of halogens is 2. The van der Waals surface area contributed by atoms with Crippen molar-refractivity contribution in [2.75, 3.05) is 19.9 Å². The Labute approximate surface area is 100 Å². The van der Waals surface area contributed by atoms with Gasteiger partial charge in [-0.05, 0) is 24.1 Å². The van der Waals surface area contributed by atoms with Gasteiger partial charge in [-0.1, -0.05) is 6.07 Å². The monoisotopic (exact) mass is 247 g/mol. The number of benzene rings is 1. The summed E-state index contributed by atoms with van der Waals surface area (Å²) in [5, 5.41) is 0. The van der Waals surface area contributed by atoms with Crippen molar-refractivity contribution in [2.24, 2.45) is 5.73 Å². The first-order valence-electron chi connectivity index (χ1n) is 5.02. The van der Waals surface area contributed by atoms with Gasteiger partial charge in [0.1, 0.15) is 13.2 Å². The SMILES string of the molecule is Cl.N[C@@H](CCF)c1ccc2c(c1)OCCO2. The predicted octanol–water partition coefficient (Wildman–Crippen LogP) is 2.24. The molecule has 90 valence electrons. The molecule has 0 radical (unpaired) electrons. The second-order valence-corrected chi connectivity index (χ2v) is 3.49. The van der Waals surface area contributed by atoms with Crippen LogP contribution in [0.4, 0.5) is 4.39 Å². The molecule has 5 heteroatoms. The normalized spacial score (nSPS) is 15.1. The van der Waals surface area contributed by atoms with Crippen molar-refractivity contribution < 1.29 is 13.9 Å². The van der Waals surface area contributed by atoms with Crippen LogP contribution in [-0.2, 0) is 0 Å². The van der Waals surface area contributed by atoms with E-state index in [2.05, 4.69) is 0 Å². The van der Waals surface area contributed by atoms with E-state index in [1.807, 2.05) is 18.2 Å². The van der Waals surface area contributed by atoms with Crippen LogP contribution in [0.25, 0.3) is 0 Å². The molecule has 0 amide bonds. The molecule has 0 unspecified atom stereocenters. The maximum Gasteiger partial charge on any atom is 0.161 e. The Kier molecular flexibility index (Phi) is 4.83. The molecule has 0 spiro atoms. The number of nitrogens with two attached hydrogens (primary N) is 1. The summed E-state index contributed by atoms with van der Waals surface area (Å²) >= 11 is 0. The molecule has 3 nitrogen and oxygen atoms in total. The molecule has 0 bridgehead atoms. The summed E-state index contributed by atoms with van der Waals surface area (Å²) < 4.78 is 22.9. The highest BCUT2D eigenvalue weighted by Crippen LogP contribution is 2.32. The van der Waals surface area contributed by atoms with Crippen LogP contribution in [0.15, 0.2) is 18.2 Å². The van der Waals surface area contributed by atoms with Gasteiger partial charge in [-0.25, -0.2) is 0 Å². The lowest BCUT2D eigenvalue weighted by atomic mass is 10.0. The Morgan fingerprint density at radius 3 is 2.62 bits per heavy atom. The Morgan fingerprint density at radius 1 is 1.25 bits per heavy atom. The van der Waals surface area contributed by atoms with Crippen molar-refractivity contribution in [3.05, 3.63) is 23.8 Å². The summed E-state index contributed by atoms with van der Waals surface area (Å²) in [5.74, 6) is 1.44. The molecule has 0 saturated carbocycles. The fourth-order valence-electron chi connectivity index (χ4n) is 1.57. The summed E-state index contributed by atoms with van der Waals surface area (Å²) in [6.07, 6.45) is 0.333. The first-order valence-corrected chi connectivity index (χ1v) is 5.02. The van der Waals surface area contributed by atoms with Crippen LogP contribution >= 0.6 is 12.4 Å². The molecule has 1 heterocycles. The molecule has 1 aliphatic rings. The van der Waals surface area contributed by atoms with Crippen LogP contribution < -0.4 is 15.2 Å². The molecule has 2 N–H and O–H groups in total. The first-order chi connectivity index (χ1) is 7.31. The number of ether oxygens (including phenoxy) is 2. The van der Waals surface area contributed by atoms with Gasteiger partial charge in [-0.2, -0.15) is 0 Å². The smallest absolute Gasteiger partial charge is 0.161 e. The van der Waals surface area contributed by atoms with Crippen molar-refractivity contribution in [1.82, 2.24) is 0 Å². The minimum Gasteiger partial charge on any atom is -0.486 e. The number of rotatable bonds is 3. The van der Waals surface area contributed by atoms with E-state index in [4.69, 9.17) is 15.2 Å². The molecule has 16 heavy (non-hydrogen) atoms. The van der Waals surface area contributed by atoms with Crippen LogP contribution in [0.1, 0.15) is 18.0 Å². The average molecular weight is 248 g/mol. The maximum atomic E-state index is 12.1. The number of hydrogen-bond acceptors (Lipinski definition) is 3. The molecule has 0 aliphatic carbocycles. The highest BCUT2D eigenvalue weighted by Gasteiger charge is 2.14. The molecule has 0 fully saturated rings. The quantitative estimate of drug-likeness (QED) is 0.891. The predicted molar refractivity (Wildman–Crippen MR) is 62.2 cm³/mol. The van der Waals surface area contributed by atoms with Crippen LogP contribution in [0.2, 0.25) is 0 Å². The van der Waals surface area contributed by atoms with Crippen LogP contribution in [0.5, 0.6) is 11.5 Å². The minimum absolute atomic E-state index is 0. The zero-order valence-electron chi connectivity index (χ0n) is 8.82. The minimum atomic E-state index is -0.407. The lowest BCUT2D eigenvalue weighted by Gasteiger charge is -2.20. The Balaban J connectivity index is 0.00000128. The fourth-order valence-corrected chi connectivity index (χ4v) is 1.57. The summed E-state index contributed by atoms with van der Waals surface area (Å²) in [7, 11) is 0. The second-order valence-electron chi connectivity index (χ2n) is 3.49. The van der Waals surface area contributed by atoms with Crippen molar-refractivity contribution in [3.63, 3.8) is 0 Å². The average Bonchev–Trinajstić information content (AvgIpc) is 2.29. The standard InChI is InChI=1S/C11H14FNO2.ClH/c12-4-3-9(13)8-1-2-10-11(7-8)15-6-5-14-10;/h1-2,7,9H,3-6,13H2;1H/t9-;/m0./s1. The third-order valence-electron chi connectivity index (χ3n) is 2.41. The van der Waals surface area contributed by atoms with Gasteiger partial charge in [0.2, 0.25) is 0 Å². The van der Waals surface area contributed by atoms with Crippen LogP contribution in [0, 0.1) is 0 Å². The third-order valence-corrected chi connectivity index (χ3v) is 2.41. The zero-order chi connectivity index (χ0) is 10.7. The Bertz CT molecular complexity index is 349. The van der Waals surface area contributed by atoms with Crippen molar-refractivity contribution in [2.45, 2.75) is 12.5 Å². The fraction of sp³-hybridized carbons (Fsp3) is 0.455. The molecular formula is C11H15ClFNO2. The topological polar surface area (TPSA) is 44.5 Å². The lowest BCUT2D eigenvalue weighted by molar-refractivity contribution is 0.171. The van der Waals surface area contributed by atoms with E-state index in [1.54, 1.807) is 0 Å². The molecule has 2 rings (SSSR count). The second kappa shape index (κ2) is 5.92. The number of alkyl halides is 1. The maximum absolute atomic E-state index is 12.1. The van der Waals surface area contributed by atoms with E-state index in [0.717, 1.165) is 11.3 Å². The molecule has 0 aromatic heterocycles. The third kappa shape index (κ3) is 2.77. The first kappa shape index (κ1) is 13.1. The van der Waals surface area contributed by atoms with Gasteiger partial charge in [0.25, 0.3) is 0 Å². The Hall–Kier alpha value is -1.00. The van der Waals surface area contributed by atoms with E-state index in [1.165, 1.54) is 0 Å².